The third kappa shape index (κ3) is 5.41. The van der Waals surface area contributed by atoms with Crippen molar-refractivity contribution in [3.8, 4) is 0 Å². The number of hydrogen-bond acceptors (Lipinski definition) is 3. The summed E-state index contributed by atoms with van der Waals surface area (Å²) in [6.07, 6.45) is 2.70. The Morgan fingerprint density at radius 1 is 1.40 bits per heavy atom. The molecule has 1 aliphatic rings. The number of carbonyl (C=O) groups excluding carboxylic acids is 1. The van der Waals surface area contributed by atoms with E-state index in [1.165, 1.54) is 0 Å². The number of morpholine rings is 1. The Hall–Kier alpha value is -0.610. The topological polar surface area (TPSA) is 55.6 Å². The number of hydrogen-bond donors (Lipinski definition) is 1. The van der Waals surface area contributed by atoms with Crippen LogP contribution in [0.1, 0.15) is 53.9 Å². The van der Waals surface area contributed by atoms with Crippen LogP contribution in [0.15, 0.2) is 0 Å². The molecule has 1 saturated heterocycles. The minimum absolute atomic E-state index is 0.118. The average Bonchev–Trinajstić information content (AvgIpc) is 2.31. The third-order valence-electron chi connectivity index (χ3n) is 4.13. The average molecular weight is 284 g/mol. The molecule has 0 bridgehead atoms. The van der Waals surface area contributed by atoms with E-state index in [4.69, 9.17) is 10.5 Å². The molecule has 0 aromatic heterocycles. The molecule has 0 aromatic rings. The van der Waals surface area contributed by atoms with Crippen LogP contribution in [0.4, 0.5) is 0 Å². The quantitative estimate of drug-likeness (QED) is 0.815. The summed E-state index contributed by atoms with van der Waals surface area (Å²) < 4.78 is 5.85. The smallest absolute Gasteiger partial charge is 0.222 e. The lowest BCUT2D eigenvalue weighted by atomic mass is 9.88. The first kappa shape index (κ1) is 17.4. The Balaban J connectivity index is 2.49. The zero-order valence-corrected chi connectivity index (χ0v) is 13.8. The highest BCUT2D eigenvalue weighted by Crippen LogP contribution is 2.24. The van der Waals surface area contributed by atoms with Crippen LogP contribution in [0.5, 0.6) is 0 Å². The molecule has 118 valence electrons. The first-order valence-electron chi connectivity index (χ1n) is 7.91. The van der Waals surface area contributed by atoms with Crippen molar-refractivity contribution in [1.82, 2.24) is 4.90 Å². The monoisotopic (exact) mass is 284 g/mol. The Morgan fingerprint density at radius 2 is 2.05 bits per heavy atom. The fourth-order valence-corrected chi connectivity index (χ4v) is 3.14. The van der Waals surface area contributed by atoms with Gasteiger partial charge in [-0.3, -0.25) is 4.79 Å². The molecule has 2 unspecified atom stereocenters. The standard InChI is InChI=1S/C16H32N2O2/c1-12(2)14(8-9-17)6-7-15(19)18-10-13(3)20-16(4,5)11-18/h12-14H,6-11,17H2,1-5H3. The molecule has 1 fully saturated rings. The van der Waals surface area contributed by atoms with Gasteiger partial charge in [0.05, 0.1) is 11.7 Å². The van der Waals surface area contributed by atoms with Crippen LogP contribution < -0.4 is 5.73 Å². The van der Waals surface area contributed by atoms with E-state index in [1.54, 1.807) is 0 Å². The van der Waals surface area contributed by atoms with Gasteiger partial charge in [-0.1, -0.05) is 13.8 Å². The van der Waals surface area contributed by atoms with Crippen molar-refractivity contribution in [3.63, 3.8) is 0 Å². The second-order valence-corrected chi connectivity index (χ2v) is 7.08. The lowest BCUT2D eigenvalue weighted by molar-refractivity contribution is -0.158. The molecule has 4 heteroatoms. The van der Waals surface area contributed by atoms with E-state index < -0.39 is 0 Å². The van der Waals surface area contributed by atoms with Gasteiger partial charge in [0.1, 0.15) is 0 Å². The maximum absolute atomic E-state index is 12.4. The number of rotatable bonds is 6. The summed E-state index contributed by atoms with van der Waals surface area (Å²) in [7, 11) is 0. The van der Waals surface area contributed by atoms with Crippen LogP contribution in [-0.2, 0) is 9.53 Å². The van der Waals surface area contributed by atoms with Gasteiger partial charge in [-0.2, -0.15) is 0 Å². The van der Waals surface area contributed by atoms with Gasteiger partial charge in [-0.15, -0.1) is 0 Å². The molecule has 0 radical (unpaired) electrons. The van der Waals surface area contributed by atoms with E-state index >= 15 is 0 Å². The summed E-state index contributed by atoms with van der Waals surface area (Å²) in [5.41, 5.74) is 5.42. The van der Waals surface area contributed by atoms with Crippen molar-refractivity contribution in [1.29, 1.82) is 0 Å². The highest BCUT2D eigenvalue weighted by molar-refractivity contribution is 5.76. The Labute approximate surface area is 124 Å². The van der Waals surface area contributed by atoms with Crippen LogP contribution in [0.25, 0.3) is 0 Å². The van der Waals surface area contributed by atoms with Crippen LogP contribution in [-0.4, -0.2) is 42.1 Å². The molecule has 2 N–H and O–H groups in total. The molecule has 1 rings (SSSR count). The summed E-state index contributed by atoms with van der Waals surface area (Å²) in [6.45, 7) is 12.7. The molecule has 1 heterocycles. The highest BCUT2D eigenvalue weighted by Gasteiger charge is 2.33. The summed E-state index contributed by atoms with van der Waals surface area (Å²) in [6, 6.07) is 0. The normalized spacial score (nSPS) is 23.9. The maximum atomic E-state index is 12.4. The first-order chi connectivity index (χ1) is 9.25. The Bertz CT molecular complexity index is 316. The molecule has 20 heavy (non-hydrogen) atoms. The van der Waals surface area contributed by atoms with Gasteiger partial charge in [-0.25, -0.2) is 0 Å². The molecular formula is C16H32N2O2. The van der Waals surface area contributed by atoms with Crippen molar-refractivity contribution in [3.05, 3.63) is 0 Å². The highest BCUT2D eigenvalue weighted by atomic mass is 16.5. The minimum Gasteiger partial charge on any atom is -0.369 e. The maximum Gasteiger partial charge on any atom is 0.222 e. The number of ether oxygens (including phenoxy) is 1. The van der Waals surface area contributed by atoms with Gasteiger partial charge >= 0.3 is 0 Å². The van der Waals surface area contributed by atoms with Gasteiger partial charge in [0.2, 0.25) is 5.91 Å². The molecule has 2 atom stereocenters. The van der Waals surface area contributed by atoms with Gasteiger partial charge in [0.25, 0.3) is 0 Å². The zero-order valence-electron chi connectivity index (χ0n) is 13.8. The fourth-order valence-electron chi connectivity index (χ4n) is 3.14. The van der Waals surface area contributed by atoms with E-state index in [9.17, 15) is 4.79 Å². The van der Waals surface area contributed by atoms with Gasteiger partial charge in [0, 0.05) is 19.5 Å². The molecule has 1 aliphatic heterocycles. The Morgan fingerprint density at radius 3 is 2.55 bits per heavy atom. The summed E-state index contributed by atoms with van der Waals surface area (Å²) in [5, 5.41) is 0. The number of carbonyl (C=O) groups is 1. The number of nitrogens with two attached hydrogens (primary N) is 1. The van der Waals surface area contributed by atoms with E-state index in [0.29, 0.717) is 37.9 Å². The van der Waals surface area contributed by atoms with Gasteiger partial charge in [-0.05, 0) is 52.0 Å². The molecular weight excluding hydrogens is 252 g/mol. The molecule has 0 saturated carbocycles. The predicted molar refractivity (Wildman–Crippen MR) is 82.4 cm³/mol. The second kappa shape index (κ2) is 7.41. The fraction of sp³-hybridized carbons (Fsp3) is 0.938. The summed E-state index contributed by atoms with van der Waals surface area (Å²) in [4.78, 5) is 14.4. The molecule has 0 aromatic carbocycles. The van der Waals surface area contributed by atoms with E-state index in [-0.39, 0.29) is 17.6 Å². The lowest BCUT2D eigenvalue weighted by Gasteiger charge is -2.42. The largest absolute Gasteiger partial charge is 0.369 e. The van der Waals surface area contributed by atoms with E-state index in [0.717, 1.165) is 12.8 Å². The van der Waals surface area contributed by atoms with Crippen molar-refractivity contribution < 1.29 is 9.53 Å². The van der Waals surface area contributed by atoms with Crippen molar-refractivity contribution in [2.45, 2.75) is 65.6 Å². The van der Waals surface area contributed by atoms with Crippen LogP contribution in [0.2, 0.25) is 0 Å². The van der Waals surface area contributed by atoms with Crippen molar-refractivity contribution in [2.24, 2.45) is 17.6 Å². The molecule has 0 aliphatic carbocycles. The SMILES string of the molecule is CC1CN(C(=O)CCC(CCN)C(C)C)CC(C)(C)O1. The number of amides is 1. The first-order valence-corrected chi connectivity index (χ1v) is 7.91. The van der Waals surface area contributed by atoms with E-state index in [2.05, 4.69) is 13.8 Å². The van der Waals surface area contributed by atoms with Gasteiger partial charge in [0.15, 0.2) is 0 Å². The molecule has 1 amide bonds. The van der Waals surface area contributed by atoms with Crippen LogP contribution >= 0.6 is 0 Å². The van der Waals surface area contributed by atoms with Crippen molar-refractivity contribution in [2.75, 3.05) is 19.6 Å². The van der Waals surface area contributed by atoms with Crippen molar-refractivity contribution >= 4 is 5.91 Å². The van der Waals surface area contributed by atoms with E-state index in [1.807, 2.05) is 25.7 Å². The minimum atomic E-state index is -0.234. The Kier molecular flexibility index (Phi) is 6.46. The second-order valence-electron chi connectivity index (χ2n) is 7.08. The van der Waals surface area contributed by atoms with Crippen LogP contribution in [0.3, 0.4) is 0 Å². The molecule has 4 nitrogen and oxygen atoms in total. The summed E-state index contributed by atoms with van der Waals surface area (Å²) >= 11 is 0. The third-order valence-corrected chi connectivity index (χ3v) is 4.13. The molecule has 0 spiro atoms. The number of nitrogens with zero attached hydrogens (tertiary/aromatic N) is 1. The lowest BCUT2D eigenvalue weighted by Crippen LogP contribution is -2.53. The van der Waals surface area contributed by atoms with Gasteiger partial charge < -0.3 is 15.4 Å². The summed E-state index contributed by atoms with van der Waals surface area (Å²) in [5.74, 6) is 1.40. The van der Waals surface area contributed by atoms with Crippen LogP contribution in [0, 0.1) is 11.8 Å². The predicted octanol–water partition coefficient (Wildman–Crippen LogP) is 2.41. The zero-order chi connectivity index (χ0) is 15.3.